The number of likely N-dealkylation sites (tertiary alicyclic amines) is 1. The maximum Gasteiger partial charge on any atom is 0.222 e. The molecule has 0 aromatic carbocycles. The summed E-state index contributed by atoms with van der Waals surface area (Å²) in [5, 5.41) is 0. The molecule has 0 radical (unpaired) electrons. The maximum absolute atomic E-state index is 11.9. The van der Waals surface area contributed by atoms with Crippen molar-refractivity contribution in [2.24, 2.45) is 11.7 Å². The SMILES string of the molecule is Cl.NC1CCC(CC(=O)N2CCCC2)CC1. The van der Waals surface area contributed by atoms with E-state index >= 15 is 0 Å². The number of carbonyl (C=O) groups is 1. The van der Waals surface area contributed by atoms with E-state index in [1.165, 1.54) is 12.8 Å². The minimum absolute atomic E-state index is 0. The molecule has 0 unspecified atom stereocenters. The Balaban J connectivity index is 0.00000128. The molecule has 16 heavy (non-hydrogen) atoms. The van der Waals surface area contributed by atoms with E-state index in [9.17, 15) is 4.79 Å². The Kier molecular flexibility index (Phi) is 5.56. The number of hydrogen-bond acceptors (Lipinski definition) is 2. The second kappa shape index (κ2) is 6.45. The number of halogens is 1. The van der Waals surface area contributed by atoms with Gasteiger partial charge >= 0.3 is 0 Å². The molecule has 3 nitrogen and oxygen atoms in total. The van der Waals surface area contributed by atoms with Crippen LogP contribution in [0.15, 0.2) is 0 Å². The van der Waals surface area contributed by atoms with Gasteiger partial charge in [-0.1, -0.05) is 0 Å². The second-order valence-corrected chi connectivity index (χ2v) is 5.07. The predicted molar refractivity (Wildman–Crippen MR) is 67.6 cm³/mol. The quantitative estimate of drug-likeness (QED) is 0.810. The van der Waals surface area contributed by atoms with Gasteiger partial charge in [0.25, 0.3) is 0 Å². The molecule has 2 N–H and O–H groups in total. The summed E-state index contributed by atoms with van der Waals surface area (Å²) in [6, 6.07) is 0.392. The number of nitrogens with zero attached hydrogens (tertiary/aromatic N) is 1. The van der Waals surface area contributed by atoms with Crippen LogP contribution < -0.4 is 5.73 Å². The normalized spacial score (nSPS) is 29.9. The highest BCUT2D eigenvalue weighted by atomic mass is 35.5. The minimum Gasteiger partial charge on any atom is -0.343 e. The first-order valence-corrected chi connectivity index (χ1v) is 6.29. The van der Waals surface area contributed by atoms with Crippen molar-refractivity contribution in [3.05, 3.63) is 0 Å². The van der Waals surface area contributed by atoms with Crippen LogP contribution in [0.25, 0.3) is 0 Å². The van der Waals surface area contributed by atoms with E-state index in [0.717, 1.165) is 45.2 Å². The van der Waals surface area contributed by atoms with Crippen molar-refractivity contribution in [1.29, 1.82) is 0 Å². The summed E-state index contributed by atoms with van der Waals surface area (Å²) in [5.41, 5.74) is 5.85. The number of hydrogen-bond donors (Lipinski definition) is 1. The Labute approximate surface area is 104 Å². The van der Waals surface area contributed by atoms with E-state index in [1.807, 2.05) is 4.90 Å². The largest absolute Gasteiger partial charge is 0.343 e. The fourth-order valence-corrected chi connectivity index (χ4v) is 2.73. The van der Waals surface area contributed by atoms with Gasteiger partial charge in [-0.2, -0.15) is 0 Å². The standard InChI is InChI=1S/C12H22N2O.ClH/c13-11-5-3-10(4-6-11)9-12(15)14-7-1-2-8-14;/h10-11H,1-9,13H2;1H. The molecule has 1 aliphatic carbocycles. The molecule has 1 saturated carbocycles. The molecule has 1 amide bonds. The van der Waals surface area contributed by atoms with Crippen molar-refractivity contribution in [1.82, 2.24) is 4.90 Å². The Morgan fingerprint density at radius 1 is 1.12 bits per heavy atom. The zero-order chi connectivity index (χ0) is 10.7. The molecular formula is C12H23ClN2O. The monoisotopic (exact) mass is 246 g/mol. The van der Waals surface area contributed by atoms with E-state index in [1.54, 1.807) is 0 Å². The van der Waals surface area contributed by atoms with Crippen LogP contribution in [-0.4, -0.2) is 29.9 Å². The Morgan fingerprint density at radius 2 is 1.69 bits per heavy atom. The topological polar surface area (TPSA) is 46.3 Å². The van der Waals surface area contributed by atoms with E-state index in [0.29, 0.717) is 17.9 Å². The lowest BCUT2D eigenvalue weighted by Gasteiger charge is -2.27. The number of nitrogens with two attached hydrogens (primary N) is 1. The van der Waals surface area contributed by atoms with Gasteiger partial charge in [-0.3, -0.25) is 4.79 Å². The van der Waals surface area contributed by atoms with Crippen LogP contribution in [0.1, 0.15) is 44.9 Å². The maximum atomic E-state index is 11.9. The first kappa shape index (κ1) is 13.8. The van der Waals surface area contributed by atoms with Crippen molar-refractivity contribution in [2.45, 2.75) is 51.0 Å². The van der Waals surface area contributed by atoms with Crippen molar-refractivity contribution >= 4 is 18.3 Å². The molecule has 0 aromatic heterocycles. The van der Waals surface area contributed by atoms with Crippen LogP contribution in [0.4, 0.5) is 0 Å². The van der Waals surface area contributed by atoms with E-state index in [-0.39, 0.29) is 12.4 Å². The summed E-state index contributed by atoms with van der Waals surface area (Å²) in [7, 11) is 0. The van der Waals surface area contributed by atoms with Crippen LogP contribution in [0.2, 0.25) is 0 Å². The highest BCUT2D eigenvalue weighted by Crippen LogP contribution is 2.26. The van der Waals surface area contributed by atoms with Gasteiger partial charge in [-0.25, -0.2) is 0 Å². The molecule has 0 bridgehead atoms. The van der Waals surface area contributed by atoms with E-state index < -0.39 is 0 Å². The van der Waals surface area contributed by atoms with E-state index in [4.69, 9.17) is 5.73 Å². The summed E-state index contributed by atoms with van der Waals surface area (Å²) >= 11 is 0. The summed E-state index contributed by atoms with van der Waals surface area (Å²) in [6.45, 7) is 1.98. The molecule has 94 valence electrons. The van der Waals surface area contributed by atoms with Gasteiger partial charge in [-0.05, 0) is 44.4 Å². The zero-order valence-electron chi connectivity index (χ0n) is 9.86. The molecule has 2 fully saturated rings. The molecule has 0 aromatic rings. The van der Waals surface area contributed by atoms with Crippen molar-refractivity contribution < 1.29 is 4.79 Å². The number of amides is 1. The Bertz CT molecular complexity index is 221. The van der Waals surface area contributed by atoms with Gasteiger partial charge in [0.05, 0.1) is 0 Å². The molecule has 1 aliphatic heterocycles. The molecule has 0 spiro atoms. The third kappa shape index (κ3) is 3.63. The second-order valence-electron chi connectivity index (χ2n) is 5.07. The average molecular weight is 247 g/mol. The first-order chi connectivity index (χ1) is 7.25. The van der Waals surface area contributed by atoms with Crippen LogP contribution in [-0.2, 0) is 4.79 Å². The van der Waals surface area contributed by atoms with Crippen LogP contribution in [0.3, 0.4) is 0 Å². The smallest absolute Gasteiger partial charge is 0.222 e. The Hall–Kier alpha value is -0.280. The van der Waals surface area contributed by atoms with Gasteiger partial charge in [0, 0.05) is 25.6 Å². The first-order valence-electron chi connectivity index (χ1n) is 6.29. The van der Waals surface area contributed by atoms with Crippen LogP contribution in [0.5, 0.6) is 0 Å². The van der Waals surface area contributed by atoms with Crippen molar-refractivity contribution in [3.8, 4) is 0 Å². The van der Waals surface area contributed by atoms with Gasteiger partial charge < -0.3 is 10.6 Å². The van der Waals surface area contributed by atoms with Gasteiger partial charge in [0.1, 0.15) is 0 Å². The van der Waals surface area contributed by atoms with Crippen LogP contribution in [0, 0.1) is 5.92 Å². The summed E-state index contributed by atoms with van der Waals surface area (Å²) in [6.07, 6.45) is 7.69. The molecule has 2 rings (SSSR count). The summed E-state index contributed by atoms with van der Waals surface area (Å²) < 4.78 is 0. The lowest BCUT2D eigenvalue weighted by atomic mass is 9.84. The van der Waals surface area contributed by atoms with Crippen molar-refractivity contribution in [3.63, 3.8) is 0 Å². The average Bonchev–Trinajstić information content (AvgIpc) is 2.74. The summed E-state index contributed by atoms with van der Waals surface area (Å²) in [5.74, 6) is 0.992. The molecule has 4 heteroatoms. The van der Waals surface area contributed by atoms with Crippen molar-refractivity contribution in [2.75, 3.05) is 13.1 Å². The Morgan fingerprint density at radius 3 is 2.25 bits per heavy atom. The molecule has 1 heterocycles. The number of carbonyl (C=O) groups excluding carboxylic acids is 1. The highest BCUT2D eigenvalue weighted by Gasteiger charge is 2.24. The third-order valence-corrected chi connectivity index (χ3v) is 3.81. The van der Waals surface area contributed by atoms with Crippen LogP contribution >= 0.6 is 12.4 Å². The molecule has 2 aliphatic rings. The number of rotatable bonds is 2. The lowest BCUT2D eigenvalue weighted by molar-refractivity contribution is -0.131. The van der Waals surface area contributed by atoms with Gasteiger partial charge in [0.2, 0.25) is 5.91 Å². The zero-order valence-corrected chi connectivity index (χ0v) is 10.7. The fourth-order valence-electron chi connectivity index (χ4n) is 2.73. The molecular weight excluding hydrogens is 224 g/mol. The fraction of sp³-hybridized carbons (Fsp3) is 0.917. The minimum atomic E-state index is 0. The summed E-state index contributed by atoms with van der Waals surface area (Å²) in [4.78, 5) is 13.9. The predicted octanol–water partition coefficient (Wildman–Crippen LogP) is 1.94. The van der Waals surface area contributed by atoms with Gasteiger partial charge in [0.15, 0.2) is 0 Å². The van der Waals surface area contributed by atoms with E-state index in [2.05, 4.69) is 0 Å². The molecule has 0 atom stereocenters. The van der Waals surface area contributed by atoms with Gasteiger partial charge in [-0.15, -0.1) is 12.4 Å². The molecule has 1 saturated heterocycles. The highest BCUT2D eigenvalue weighted by molar-refractivity contribution is 5.85. The third-order valence-electron chi connectivity index (χ3n) is 3.81. The lowest BCUT2D eigenvalue weighted by Crippen LogP contribution is -2.32.